The van der Waals surface area contributed by atoms with E-state index in [4.69, 9.17) is 0 Å². The summed E-state index contributed by atoms with van der Waals surface area (Å²) in [6, 6.07) is 5.19. The van der Waals surface area contributed by atoms with E-state index in [0.29, 0.717) is 23.4 Å². The monoisotopic (exact) mass is 227 g/mol. The van der Waals surface area contributed by atoms with Gasteiger partial charge in [-0.15, -0.1) is 0 Å². The first-order valence-electron chi connectivity index (χ1n) is 5.20. The first kappa shape index (κ1) is 9.77. The molecule has 0 aromatic carbocycles. The normalized spacial score (nSPS) is 13.9. The van der Waals surface area contributed by atoms with Gasteiger partial charge < -0.3 is 9.88 Å². The van der Waals surface area contributed by atoms with Crippen molar-refractivity contribution < 1.29 is 4.79 Å². The minimum absolute atomic E-state index is 0.154. The summed E-state index contributed by atoms with van der Waals surface area (Å²) < 4.78 is 0. The Hall–Kier alpha value is -2.43. The standard InChI is InChI=1S/C12H9N3O2/c16-11-10-7-15(8-2-1-4-13-6-8)12(17)9(10)3-5-14-11/h1-6H,7H2,(H,14,16). The van der Waals surface area contributed by atoms with Gasteiger partial charge in [0.05, 0.1) is 24.0 Å². The van der Waals surface area contributed by atoms with Crippen molar-refractivity contribution >= 4 is 11.6 Å². The van der Waals surface area contributed by atoms with Crippen LogP contribution in [0.25, 0.3) is 0 Å². The fourth-order valence-corrected chi connectivity index (χ4v) is 1.97. The molecule has 2 aromatic heterocycles. The molecule has 0 saturated heterocycles. The number of anilines is 1. The third-order valence-electron chi connectivity index (χ3n) is 2.81. The minimum Gasteiger partial charge on any atom is -0.329 e. The van der Waals surface area contributed by atoms with Crippen molar-refractivity contribution in [2.75, 3.05) is 4.90 Å². The van der Waals surface area contributed by atoms with Crippen LogP contribution in [0.15, 0.2) is 41.6 Å². The lowest BCUT2D eigenvalue weighted by molar-refractivity contribution is 0.0996. The zero-order valence-corrected chi connectivity index (χ0v) is 8.88. The minimum atomic E-state index is -0.206. The van der Waals surface area contributed by atoms with Gasteiger partial charge in [0.1, 0.15) is 0 Å². The van der Waals surface area contributed by atoms with Crippen molar-refractivity contribution in [3.63, 3.8) is 0 Å². The van der Waals surface area contributed by atoms with Crippen LogP contribution < -0.4 is 10.5 Å². The summed E-state index contributed by atoms with van der Waals surface area (Å²) in [6.45, 7) is 0.302. The summed E-state index contributed by atoms with van der Waals surface area (Å²) in [6.07, 6.45) is 4.74. The number of hydrogen-bond acceptors (Lipinski definition) is 3. The Morgan fingerprint density at radius 3 is 2.88 bits per heavy atom. The van der Waals surface area contributed by atoms with E-state index in [9.17, 15) is 9.59 Å². The number of fused-ring (bicyclic) bond motifs is 1. The Labute approximate surface area is 96.7 Å². The van der Waals surface area contributed by atoms with Crippen molar-refractivity contribution in [3.05, 3.63) is 58.3 Å². The Morgan fingerprint density at radius 1 is 1.29 bits per heavy atom. The highest BCUT2D eigenvalue weighted by molar-refractivity contribution is 6.09. The molecule has 1 N–H and O–H groups in total. The third-order valence-corrected chi connectivity index (χ3v) is 2.81. The highest BCUT2D eigenvalue weighted by Gasteiger charge is 2.30. The molecular formula is C12H9N3O2. The van der Waals surface area contributed by atoms with Crippen LogP contribution in [0, 0.1) is 0 Å². The average molecular weight is 227 g/mol. The number of aromatic nitrogens is 2. The van der Waals surface area contributed by atoms with Gasteiger partial charge in [0.2, 0.25) is 0 Å². The first-order chi connectivity index (χ1) is 8.27. The summed E-state index contributed by atoms with van der Waals surface area (Å²) in [5, 5.41) is 0. The zero-order valence-electron chi connectivity index (χ0n) is 8.88. The maximum Gasteiger partial charge on any atom is 0.259 e. The maximum absolute atomic E-state index is 12.1. The van der Waals surface area contributed by atoms with Gasteiger partial charge in [0.25, 0.3) is 11.5 Å². The van der Waals surface area contributed by atoms with Crippen molar-refractivity contribution in [3.8, 4) is 0 Å². The van der Waals surface area contributed by atoms with Crippen molar-refractivity contribution in [2.45, 2.75) is 6.54 Å². The lowest BCUT2D eigenvalue weighted by Gasteiger charge is -2.14. The molecule has 2 aromatic rings. The van der Waals surface area contributed by atoms with Gasteiger partial charge in [-0.2, -0.15) is 0 Å². The highest BCUT2D eigenvalue weighted by atomic mass is 16.2. The van der Waals surface area contributed by atoms with E-state index in [1.807, 2.05) is 0 Å². The fourth-order valence-electron chi connectivity index (χ4n) is 1.97. The summed E-state index contributed by atoms with van der Waals surface area (Å²) in [7, 11) is 0. The van der Waals surface area contributed by atoms with Crippen LogP contribution in [0.4, 0.5) is 5.69 Å². The Bertz CT molecular complexity index is 634. The second-order valence-corrected chi connectivity index (χ2v) is 3.80. The van der Waals surface area contributed by atoms with Gasteiger partial charge in [-0.25, -0.2) is 0 Å². The molecule has 0 radical (unpaired) electrons. The van der Waals surface area contributed by atoms with E-state index in [1.54, 1.807) is 35.5 Å². The lowest BCUT2D eigenvalue weighted by atomic mass is 10.2. The third kappa shape index (κ3) is 1.44. The Balaban J connectivity index is 2.08. The number of rotatable bonds is 1. The zero-order chi connectivity index (χ0) is 11.8. The maximum atomic E-state index is 12.1. The molecular weight excluding hydrogens is 218 g/mol. The molecule has 0 bridgehead atoms. The number of carbonyl (C=O) groups is 1. The number of carbonyl (C=O) groups excluding carboxylic acids is 1. The van der Waals surface area contributed by atoms with E-state index in [0.717, 1.165) is 0 Å². The van der Waals surface area contributed by atoms with Crippen LogP contribution in [0.1, 0.15) is 15.9 Å². The quantitative estimate of drug-likeness (QED) is 0.788. The van der Waals surface area contributed by atoms with Gasteiger partial charge in [0, 0.05) is 18.0 Å². The van der Waals surface area contributed by atoms with E-state index < -0.39 is 0 Å². The summed E-state index contributed by atoms with van der Waals surface area (Å²) in [5.41, 5.74) is 1.48. The number of nitrogens with zero attached hydrogens (tertiary/aromatic N) is 2. The summed E-state index contributed by atoms with van der Waals surface area (Å²) in [4.78, 5) is 31.8. The Morgan fingerprint density at radius 2 is 2.18 bits per heavy atom. The molecule has 5 heteroatoms. The predicted molar refractivity (Wildman–Crippen MR) is 61.8 cm³/mol. The van der Waals surface area contributed by atoms with Gasteiger partial charge in [-0.3, -0.25) is 14.6 Å². The van der Waals surface area contributed by atoms with E-state index >= 15 is 0 Å². The second kappa shape index (κ2) is 3.55. The van der Waals surface area contributed by atoms with Crippen molar-refractivity contribution in [2.24, 2.45) is 0 Å². The van der Waals surface area contributed by atoms with Crippen molar-refractivity contribution in [1.29, 1.82) is 0 Å². The van der Waals surface area contributed by atoms with Crippen LogP contribution in [0.2, 0.25) is 0 Å². The Kier molecular flexibility index (Phi) is 2.04. The molecule has 0 unspecified atom stereocenters. The molecule has 17 heavy (non-hydrogen) atoms. The first-order valence-corrected chi connectivity index (χ1v) is 5.20. The molecule has 5 nitrogen and oxygen atoms in total. The van der Waals surface area contributed by atoms with Gasteiger partial charge in [-0.05, 0) is 18.2 Å². The number of pyridine rings is 2. The smallest absolute Gasteiger partial charge is 0.259 e. The molecule has 1 amide bonds. The molecule has 0 fully saturated rings. The average Bonchev–Trinajstić information content (AvgIpc) is 2.70. The molecule has 3 heterocycles. The fraction of sp³-hybridized carbons (Fsp3) is 0.0833. The van der Waals surface area contributed by atoms with Gasteiger partial charge in [0.15, 0.2) is 0 Å². The topological polar surface area (TPSA) is 66.1 Å². The molecule has 1 aliphatic rings. The molecule has 0 atom stereocenters. The van der Waals surface area contributed by atoms with Gasteiger partial charge >= 0.3 is 0 Å². The largest absolute Gasteiger partial charge is 0.329 e. The summed E-state index contributed by atoms with van der Waals surface area (Å²) in [5.74, 6) is -0.154. The number of aromatic amines is 1. The molecule has 84 valence electrons. The SMILES string of the molecule is O=C1c2cc[nH]c(=O)c2CN1c1cccnc1. The van der Waals surface area contributed by atoms with Gasteiger partial charge in [-0.1, -0.05) is 0 Å². The molecule has 0 saturated carbocycles. The molecule has 3 rings (SSSR count). The van der Waals surface area contributed by atoms with Crippen LogP contribution in [0.5, 0.6) is 0 Å². The van der Waals surface area contributed by atoms with Crippen molar-refractivity contribution in [1.82, 2.24) is 9.97 Å². The molecule has 0 aliphatic carbocycles. The lowest BCUT2D eigenvalue weighted by Crippen LogP contribution is -2.23. The van der Waals surface area contributed by atoms with Crippen LogP contribution >= 0.6 is 0 Å². The van der Waals surface area contributed by atoms with E-state index in [-0.39, 0.29) is 11.5 Å². The number of hydrogen-bond donors (Lipinski definition) is 1. The molecule has 1 aliphatic heterocycles. The molecule has 0 spiro atoms. The number of amides is 1. The van der Waals surface area contributed by atoms with Crippen LogP contribution in [-0.4, -0.2) is 15.9 Å². The predicted octanol–water partition coefficient (Wildman–Crippen LogP) is 0.930. The summed E-state index contributed by atoms with van der Waals surface area (Å²) >= 11 is 0. The number of H-pyrrole nitrogens is 1. The highest BCUT2D eigenvalue weighted by Crippen LogP contribution is 2.24. The number of nitrogens with one attached hydrogen (secondary N) is 1. The van der Waals surface area contributed by atoms with E-state index in [2.05, 4.69) is 9.97 Å². The van der Waals surface area contributed by atoms with Crippen LogP contribution in [-0.2, 0) is 6.54 Å². The second-order valence-electron chi connectivity index (χ2n) is 3.80. The van der Waals surface area contributed by atoms with Crippen LogP contribution in [0.3, 0.4) is 0 Å². The van der Waals surface area contributed by atoms with E-state index in [1.165, 1.54) is 6.20 Å².